The number of benzene rings is 1. The molecule has 2 rings (SSSR count). The van der Waals surface area contributed by atoms with Gasteiger partial charge in [-0.1, -0.05) is 11.6 Å². The Morgan fingerprint density at radius 3 is 2.68 bits per heavy atom. The van der Waals surface area contributed by atoms with Gasteiger partial charge in [0.25, 0.3) is 11.5 Å². The van der Waals surface area contributed by atoms with Crippen LogP contribution in [0.2, 0.25) is 5.02 Å². The van der Waals surface area contributed by atoms with E-state index in [0.29, 0.717) is 0 Å². The highest BCUT2D eigenvalue weighted by Gasteiger charge is 2.09. The monoisotopic (exact) mass is 282 g/mol. The van der Waals surface area contributed by atoms with Gasteiger partial charge in [0.2, 0.25) is 0 Å². The Morgan fingerprint density at radius 2 is 2.05 bits per heavy atom. The lowest BCUT2D eigenvalue weighted by molar-refractivity contribution is 0.102. The predicted molar refractivity (Wildman–Crippen MR) is 68.1 cm³/mol. The molecule has 0 radical (unpaired) electrons. The second kappa shape index (κ2) is 5.11. The smallest absolute Gasteiger partial charge is 0.256 e. The molecule has 0 saturated heterocycles. The number of aromatic hydroxyl groups is 1. The summed E-state index contributed by atoms with van der Waals surface area (Å²) in [6.07, 6.45) is 0. The third-order valence-electron chi connectivity index (χ3n) is 2.27. The van der Waals surface area contributed by atoms with Gasteiger partial charge in [0, 0.05) is 17.8 Å². The zero-order valence-corrected chi connectivity index (χ0v) is 10.2. The summed E-state index contributed by atoms with van der Waals surface area (Å²) in [6.45, 7) is 0. The van der Waals surface area contributed by atoms with Gasteiger partial charge in [-0.15, -0.1) is 0 Å². The highest BCUT2D eigenvalue weighted by molar-refractivity contribution is 6.31. The summed E-state index contributed by atoms with van der Waals surface area (Å²) in [4.78, 5) is 25.0. The molecule has 0 atom stereocenters. The summed E-state index contributed by atoms with van der Waals surface area (Å²) < 4.78 is 12.9. The highest BCUT2D eigenvalue weighted by atomic mass is 35.5. The van der Waals surface area contributed by atoms with Crippen molar-refractivity contribution in [2.24, 2.45) is 0 Å². The molecule has 1 aromatic heterocycles. The Labute approximate surface area is 111 Å². The number of hydrogen-bond donors (Lipinski definition) is 3. The summed E-state index contributed by atoms with van der Waals surface area (Å²) in [5, 5.41) is 11.5. The highest BCUT2D eigenvalue weighted by Crippen LogP contribution is 2.20. The van der Waals surface area contributed by atoms with E-state index in [4.69, 9.17) is 11.6 Å². The van der Waals surface area contributed by atoms with E-state index in [9.17, 15) is 19.1 Å². The molecule has 0 spiro atoms. The Morgan fingerprint density at radius 1 is 1.32 bits per heavy atom. The molecule has 7 heteroatoms. The number of nitrogens with one attached hydrogen (secondary N) is 2. The van der Waals surface area contributed by atoms with Gasteiger partial charge in [-0.05, 0) is 18.2 Å². The van der Waals surface area contributed by atoms with Crippen LogP contribution in [-0.4, -0.2) is 16.0 Å². The van der Waals surface area contributed by atoms with Crippen molar-refractivity contribution in [3.8, 4) is 5.88 Å². The molecule has 0 aliphatic rings. The van der Waals surface area contributed by atoms with Crippen LogP contribution in [0.5, 0.6) is 5.88 Å². The second-order valence-electron chi connectivity index (χ2n) is 3.70. The number of anilines is 1. The van der Waals surface area contributed by atoms with Gasteiger partial charge in [0.15, 0.2) is 5.88 Å². The molecule has 1 heterocycles. The average Bonchev–Trinajstić information content (AvgIpc) is 2.32. The number of rotatable bonds is 2. The van der Waals surface area contributed by atoms with Gasteiger partial charge < -0.3 is 10.4 Å². The quantitative estimate of drug-likeness (QED) is 0.789. The van der Waals surface area contributed by atoms with Gasteiger partial charge in [0.1, 0.15) is 5.82 Å². The van der Waals surface area contributed by atoms with Gasteiger partial charge in [-0.3, -0.25) is 14.6 Å². The molecule has 0 bridgehead atoms. The Hall–Kier alpha value is -2.34. The van der Waals surface area contributed by atoms with Crippen LogP contribution >= 0.6 is 11.6 Å². The first kappa shape index (κ1) is 13.1. The van der Waals surface area contributed by atoms with Crippen LogP contribution in [0.25, 0.3) is 0 Å². The zero-order chi connectivity index (χ0) is 14.0. The number of amides is 1. The Kier molecular flexibility index (Phi) is 3.52. The van der Waals surface area contributed by atoms with Crippen LogP contribution < -0.4 is 10.9 Å². The van der Waals surface area contributed by atoms with E-state index in [1.165, 1.54) is 12.1 Å². The van der Waals surface area contributed by atoms with Crippen LogP contribution in [0, 0.1) is 5.82 Å². The number of halogens is 2. The van der Waals surface area contributed by atoms with Crippen LogP contribution in [0.4, 0.5) is 10.1 Å². The molecule has 1 aromatic carbocycles. The first-order chi connectivity index (χ1) is 8.95. The summed E-state index contributed by atoms with van der Waals surface area (Å²) in [5.74, 6) is -1.65. The minimum Gasteiger partial charge on any atom is -0.494 e. The standard InChI is InChI=1S/C12H8ClFN2O3/c13-8-5-7(1-2-9(8)14)15-12(19)6-3-10(17)16-11(18)4-6/h1-5H,(H,15,19)(H2,16,17,18). The van der Waals surface area contributed by atoms with Gasteiger partial charge in [-0.2, -0.15) is 0 Å². The van der Waals surface area contributed by atoms with Crippen molar-refractivity contribution in [1.29, 1.82) is 0 Å². The van der Waals surface area contributed by atoms with Crippen molar-refractivity contribution in [1.82, 2.24) is 4.98 Å². The van der Waals surface area contributed by atoms with E-state index in [1.54, 1.807) is 0 Å². The zero-order valence-electron chi connectivity index (χ0n) is 9.41. The fourth-order valence-corrected chi connectivity index (χ4v) is 1.62. The number of aromatic nitrogens is 1. The molecule has 0 fully saturated rings. The molecule has 0 saturated carbocycles. The minimum atomic E-state index is -0.621. The molecule has 2 aromatic rings. The molecular weight excluding hydrogens is 275 g/mol. The van der Waals surface area contributed by atoms with Crippen molar-refractivity contribution in [2.45, 2.75) is 0 Å². The molecule has 0 unspecified atom stereocenters. The Bertz CT molecular complexity index is 700. The number of pyridine rings is 1. The van der Waals surface area contributed by atoms with E-state index in [-0.39, 0.29) is 16.3 Å². The summed E-state index contributed by atoms with van der Waals surface area (Å²) in [6, 6.07) is 5.79. The largest absolute Gasteiger partial charge is 0.494 e. The van der Waals surface area contributed by atoms with Gasteiger partial charge >= 0.3 is 0 Å². The van der Waals surface area contributed by atoms with Crippen molar-refractivity contribution in [2.75, 3.05) is 5.32 Å². The van der Waals surface area contributed by atoms with Crippen LogP contribution in [0.3, 0.4) is 0 Å². The van der Waals surface area contributed by atoms with Crippen LogP contribution in [0.1, 0.15) is 10.4 Å². The van der Waals surface area contributed by atoms with E-state index in [1.807, 2.05) is 0 Å². The lowest BCUT2D eigenvalue weighted by atomic mass is 10.2. The summed E-state index contributed by atoms with van der Waals surface area (Å²) >= 11 is 5.57. The molecular formula is C12H8ClFN2O3. The van der Waals surface area contributed by atoms with Crippen LogP contribution in [-0.2, 0) is 0 Å². The minimum absolute atomic E-state index is 0.0262. The van der Waals surface area contributed by atoms with Crippen molar-refractivity contribution in [3.05, 3.63) is 57.1 Å². The third-order valence-corrected chi connectivity index (χ3v) is 2.56. The number of H-pyrrole nitrogens is 1. The van der Waals surface area contributed by atoms with E-state index < -0.39 is 23.2 Å². The summed E-state index contributed by atoms with van der Waals surface area (Å²) in [5.41, 5.74) is -0.361. The van der Waals surface area contributed by atoms with E-state index in [2.05, 4.69) is 10.3 Å². The third kappa shape index (κ3) is 3.11. The van der Waals surface area contributed by atoms with E-state index >= 15 is 0 Å². The normalized spacial score (nSPS) is 10.2. The fourth-order valence-electron chi connectivity index (χ4n) is 1.44. The second-order valence-corrected chi connectivity index (χ2v) is 4.11. The summed E-state index contributed by atoms with van der Waals surface area (Å²) in [7, 11) is 0. The van der Waals surface area contributed by atoms with E-state index in [0.717, 1.165) is 18.2 Å². The predicted octanol–water partition coefficient (Wildman–Crippen LogP) is 2.13. The molecule has 3 N–H and O–H groups in total. The molecule has 5 nitrogen and oxygen atoms in total. The van der Waals surface area contributed by atoms with Crippen LogP contribution in [0.15, 0.2) is 35.1 Å². The molecule has 0 aliphatic heterocycles. The van der Waals surface area contributed by atoms with Crippen molar-refractivity contribution >= 4 is 23.2 Å². The van der Waals surface area contributed by atoms with Crippen molar-refractivity contribution < 1.29 is 14.3 Å². The number of hydrogen-bond acceptors (Lipinski definition) is 3. The lowest BCUT2D eigenvalue weighted by Gasteiger charge is -2.06. The van der Waals surface area contributed by atoms with Crippen molar-refractivity contribution in [3.63, 3.8) is 0 Å². The lowest BCUT2D eigenvalue weighted by Crippen LogP contribution is -2.15. The number of aromatic amines is 1. The molecule has 19 heavy (non-hydrogen) atoms. The SMILES string of the molecule is O=C(Nc1ccc(F)c(Cl)c1)c1cc(O)[nH]c(=O)c1. The maximum Gasteiger partial charge on any atom is 0.256 e. The number of carbonyl (C=O) groups is 1. The van der Waals surface area contributed by atoms with Gasteiger partial charge in [-0.25, -0.2) is 4.39 Å². The molecule has 0 aliphatic carbocycles. The maximum absolute atomic E-state index is 12.9. The average molecular weight is 283 g/mol. The first-order valence-corrected chi connectivity index (χ1v) is 5.53. The molecule has 98 valence electrons. The first-order valence-electron chi connectivity index (χ1n) is 5.15. The molecule has 1 amide bonds. The number of carbonyl (C=O) groups excluding carboxylic acids is 1. The fraction of sp³-hybridized carbons (Fsp3) is 0. The topological polar surface area (TPSA) is 82.2 Å². The maximum atomic E-state index is 12.9. The Balaban J connectivity index is 2.25. The van der Waals surface area contributed by atoms with Gasteiger partial charge in [0.05, 0.1) is 10.6 Å².